The Bertz CT molecular complexity index is 782. The molecule has 0 bridgehead atoms. The molecule has 28 heavy (non-hydrogen) atoms. The van der Waals surface area contributed by atoms with Crippen LogP contribution < -0.4 is 16.4 Å². The molecular formula is C20H32N4OS3. The van der Waals surface area contributed by atoms with Crippen molar-refractivity contribution in [2.24, 2.45) is 5.73 Å². The second kappa shape index (κ2) is 10.4. The number of hydrogen-bond acceptors (Lipinski definition) is 5. The fourth-order valence-corrected chi connectivity index (χ4v) is 4.14. The average molecular weight is 441 g/mol. The standard InChI is InChI=1S/C11H17N3OS2.C9H15NS/c1-11(2,3)8-5-4-7(17-8)6-13-10(15)14-9(12)16;1-9(2,3)8-5-4-7(6-10)11-8/h4-5H,6H2,1-3H3,(H4,12,13,14,15,16);4-5H,6,10H2,1-3H3. The van der Waals surface area contributed by atoms with E-state index in [0.717, 1.165) is 4.88 Å². The maximum absolute atomic E-state index is 11.2. The van der Waals surface area contributed by atoms with Gasteiger partial charge in [0.15, 0.2) is 5.17 Å². The van der Waals surface area contributed by atoms with E-state index < -0.39 is 6.03 Å². The van der Waals surface area contributed by atoms with Crippen LogP contribution in [0.3, 0.4) is 0 Å². The van der Waals surface area contributed by atoms with Crippen LogP contribution in [0.2, 0.25) is 0 Å². The fraction of sp³-hybridized carbons (Fsp3) is 0.500. The lowest BCUT2D eigenvalue weighted by Crippen LogP contribution is -2.36. The molecule has 0 aliphatic carbocycles. The predicted molar refractivity (Wildman–Crippen MR) is 126 cm³/mol. The number of nitrogens with two attached hydrogens (primary N) is 1. The van der Waals surface area contributed by atoms with Gasteiger partial charge in [-0.2, -0.15) is 0 Å². The van der Waals surface area contributed by atoms with Crippen molar-refractivity contribution >= 4 is 46.5 Å². The number of thiophene rings is 2. The maximum Gasteiger partial charge on any atom is 0.321 e. The van der Waals surface area contributed by atoms with Crippen LogP contribution in [0, 0.1) is 5.41 Å². The van der Waals surface area contributed by atoms with Gasteiger partial charge in [-0.3, -0.25) is 10.7 Å². The summed E-state index contributed by atoms with van der Waals surface area (Å²) >= 11 is 7.17. The lowest BCUT2D eigenvalue weighted by Gasteiger charge is -2.15. The first kappa shape index (κ1) is 24.7. The van der Waals surface area contributed by atoms with Gasteiger partial charge in [-0.25, -0.2) is 4.79 Å². The smallest absolute Gasteiger partial charge is 0.321 e. The summed E-state index contributed by atoms with van der Waals surface area (Å²) in [5, 5.41) is 11.7. The first-order valence-corrected chi connectivity index (χ1v) is 11.1. The quantitative estimate of drug-likeness (QED) is 0.257. The molecule has 2 heterocycles. The topological polar surface area (TPSA) is 91.0 Å². The van der Waals surface area contributed by atoms with E-state index in [9.17, 15) is 4.79 Å². The van der Waals surface area contributed by atoms with Crippen molar-refractivity contribution in [1.82, 2.24) is 10.6 Å². The summed E-state index contributed by atoms with van der Waals surface area (Å²) in [4.78, 5) is 16.3. The molecule has 0 aliphatic heterocycles. The SMILES string of the molecule is CC(C)(C)c1ccc(CN)s1.CC(C)(C)c1ccc(CNC(=O)NC(=N)S)s1. The number of carbonyl (C=O) groups excluding carboxylic acids is 1. The number of thiol groups is 1. The Morgan fingerprint density at radius 3 is 1.82 bits per heavy atom. The fourth-order valence-electron chi connectivity index (χ4n) is 2.09. The molecule has 8 heteroatoms. The molecule has 5 nitrogen and oxygen atoms in total. The van der Waals surface area contributed by atoms with Gasteiger partial charge in [-0.15, -0.1) is 35.3 Å². The van der Waals surface area contributed by atoms with Crippen molar-refractivity contribution in [3.63, 3.8) is 0 Å². The zero-order chi connectivity index (χ0) is 21.5. The molecule has 0 fully saturated rings. The van der Waals surface area contributed by atoms with E-state index in [1.807, 2.05) is 17.4 Å². The summed E-state index contributed by atoms with van der Waals surface area (Å²) in [6, 6.07) is 7.98. The van der Waals surface area contributed by atoms with Gasteiger partial charge in [-0.05, 0) is 35.1 Å². The Hall–Kier alpha value is -1.35. The normalized spacial score (nSPS) is 11.4. The average Bonchev–Trinajstić information content (AvgIpc) is 3.21. The summed E-state index contributed by atoms with van der Waals surface area (Å²) in [5.74, 6) is 0. The second-order valence-electron chi connectivity index (χ2n) is 8.39. The van der Waals surface area contributed by atoms with Crippen molar-refractivity contribution in [1.29, 1.82) is 5.41 Å². The van der Waals surface area contributed by atoms with Crippen molar-refractivity contribution in [3.8, 4) is 0 Å². The largest absolute Gasteiger partial charge is 0.333 e. The molecule has 0 atom stereocenters. The highest BCUT2D eigenvalue weighted by atomic mass is 32.1. The Labute approximate surface area is 182 Å². The van der Waals surface area contributed by atoms with Crippen molar-refractivity contribution in [2.75, 3.05) is 0 Å². The van der Waals surface area contributed by atoms with Gasteiger partial charge < -0.3 is 11.1 Å². The van der Waals surface area contributed by atoms with Crippen LogP contribution in [0.5, 0.6) is 0 Å². The van der Waals surface area contributed by atoms with Crippen molar-refractivity contribution in [3.05, 3.63) is 43.8 Å². The van der Waals surface area contributed by atoms with Crippen LogP contribution >= 0.6 is 35.3 Å². The maximum atomic E-state index is 11.2. The number of carbonyl (C=O) groups is 1. The highest BCUT2D eigenvalue weighted by Crippen LogP contribution is 2.30. The van der Waals surface area contributed by atoms with E-state index >= 15 is 0 Å². The molecule has 2 rings (SSSR count). The highest BCUT2D eigenvalue weighted by Gasteiger charge is 2.16. The molecule has 2 aromatic heterocycles. The van der Waals surface area contributed by atoms with Crippen LogP contribution in [0.25, 0.3) is 0 Å². The summed E-state index contributed by atoms with van der Waals surface area (Å²) in [5.41, 5.74) is 5.93. The first-order valence-electron chi connectivity index (χ1n) is 9.03. The van der Waals surface area contributed by atoms with Crippen LogP contribution in [-0.4, -0.2) is 11.2 Å². The lowest BCUT2D eigenvalue weighted by molar-refractivity contribution is 0.245. The minimum absolute atomic E-state index is 0.137. The van der Waals surface area contributed by atoms with E-state index in [2.05, 4.69) is 83.0 Å². The zero-order valence-electron chi connectivity index (χ0n) is 17.5. The molecule has 0 aromatic carbocycles. The molecule has 5 N–H and O–H groups in total. The first-order chi connectivity index (χ1) is 12.8. The minimum atomic E-state index is -0.407. The lowest BCUT2D eigenvalue weighted by atomic mass is 9.95. The van der Waals surface area contributed by atoms with E-state index in [-0.39, 0.29) is 16.0 Å². The minimum Gasteiger partial charge on any atom is -0.333 e. The molecular weight excluding hydrogens is 408 g/mol. The molecule has 0 aliphatic rings. The van der Waals surface area contributed by atoms with Crippen LogP contribution in [0.15, 0.2) is 24.3 Å². The Balaban J connectivity index is 0.000000307. The number of nitrogens with one attached hydrogen (secondary N) is 3. The summed E-state index contributed by atoms with van der Waals surface area (Å²) in [7, 11) is 0. The van der Waals surface area contributed by atoms with Crippen molar-refractivity contribution < 1.29 is 4.79 Å². The van der Waals surface area contributed by atoms with Gasteiger partial charge in [0.25, 0.3) is 0 Å². The predicted octanol–water partition coefficient (Wildman–Crippen LogP) is 5.21. The van der Waals surface area contributed by atoms with Crippen molar-refractivity contribution in [2.45, 2.75) is 65.5 Å². The molecule has 156 valence electrons. The third-order valence-corrected chi connectivity index (χ3v) is 6.81. The molecule has 2 amide bonds. The monoisotopic (exact) mass is 440 g/mol. The number of urea groups is 1. The Morgan fingerprint density at radius 1 is 1.00 bits per heavy atom. The van der Waals surface area contributed by atoms with Gasteiger partial charge in [0.2, 0.25) is 0 Å². The van der Waals surface area contributed by atoms with E-state index in [0.29, 0.717) is 13.1 Å². The van der Waals surface area contributed by atoms with Crippen LogP contribution in [0.4, 0.5) is 4.79 Å². The third kappa shape index (κ3) is 8.77. The molecule has 0 saturated heterocycles. The second-order valence-corrected chi connectivity index (χ2v) is 11.2. The Kier molecular flexibility index (Phi) is 9.20. The van der Waals surface area contributed by atoms with Gasteiger partial charge in [0.05, 0.1) is 6.54 Å². The molecule has 2 aromatic rings. The van der Waals surface area contributed by atoms with E-state index in [1.54, 1.807) is 11.3 Å². The summed E-state index contributed by atoms with van der Waals surface area (Å²) in [6.45, 7) is 14.3. The number of amidine groups is 1. The molecule has 0 radical (unpaired) electrons. The van der Waals surface area contributed by atoms with E-state index in [4.69, 9.17) is 11.1 Å². The molecule has 0 saturated carbocycles. The highest BCUT2D eigenvalue weighted by molar-refractivity contribution is 7.96. The zero-order valence-corrected chi connectivity index (χ0v) is 20.0. The van der Waals surface area contributed by atoms with Gasteiger partial charge in [0, 0.05) is 26.1 Å². The third-order valence-electron chi connectivity index (χ3n) is 3.66. The van der Waals surface area contributed by atoms with Gasteiger partial charge in [0.1, 0.15) is 0 Å². The van der Waals surface area contributed by atoms with Crippen LogP contribution in [0.1, 0.15) is 61.1 Å². The van der Waals surface area contributed by atoms with Crippen LogP contribution in [-0.2, 0) is 23.9 Å². The Morgan fingerprint density at radius 2 is 1.46 bits per heavy atom. The van der Waals surface area contributed by atoms with E-state index in [1.165, 1.54) is 14.6 Å². The number of amides is 2. The summed E-state index contributed by atoms with van der Waals surface area (Å²) < 4.78 is 0. The molecule has 0 unspecified atom stereocenters. The summed E-state index contributed by atoms with van der Waals surface area (Å²) in [6.07, 6.45) is 0. The number of hydrogen-bond donors (Lipinski definition) is 5. The van der Waals surface area contributed by atoms with Gasteiger partial charge >= 0.3 is 6.03 Å². The molecule has 0 spiro atoms. The number of rotatable bonds is 3. The van der Waals surface area contributed by atoms with Gasteiger partial charge in [-0.1, -0.05) is 41.5 Å².